The second-order valence-corrected chi connectivity index (χ2v) is 7.81. The molecular weight excluding hydrogens is 356 g/mol. The van der Waals surface area contributed by atoms with Gasteiger partial charge in [0.05, 0.1) is 24.3 Å². The molecule has 4 aromatic rings. The molecule has 5 rings (SSSR count). The van der Waals surface area contributed by atoms with Crippen molar-refractivity contribution in [1.82, 2.24) is 20.6 Å². The number of rotatable bonds is 4. The summed E-state index contributed by atoms with van der Waals surface area (Å²) < 4.78 is 0. The van der Waals surface area contributed by atoms with E-state index in [4.69, 9.17) is 0 Å². The van der Waals surface area contributed by atoms with Crippen LogP contribution in [-0.4, -0.2) is 16.6 Å². The zero-order valence-electron chi connectivity index (χ0n) is 16.7. The number of imidazole rings is 1. The predicted molar refractivity (Wildman–Crippen MR) is 120 cm³/mol. The van der Waals surface area contributed by atoms with Crippen molar-refractivity contribution < 1.29 is 0 Å². The fourth-order valence-electron chi connectivity index (χ4n) is 3.75. The van der Waals surface area contributed by atoms with Crippen LogP contribution in [0.2, 0.25) is 0 Å². The third-order valence-electron chi connectivity index (χ3n) is 5.45. The molecule has 1 aromatic heterocycles. The first-order chi connectivity index (χ1) is 14.2. The van der Waals surface area contributed by atoms with Crippen molar-refractivity contribution in [1.29, 1.82) is 0 Å². The van der Waals surface area contributed by atoms with Gasteiger partial charge in [-0.3, -0.25) is 0 Å². The Morgan fingerprint density at radius 2 is 1.45 bits per heavy atom. The molecular formula is C25H24N4. The summed E-state index contributed by atoms with van der Waals surface area (Å²) in [4.78, 5) is 7.89. The Balaban J connectivity index is 1.43. The van der Waals surface area contributed by atoms with Gasteiger partial charge in [0.25, 0.3) is 0 Å². The highest BCUT2D eigenvalue weighted by atomic mass is 15.1. The van der Waals surface area contributed by atoms with Crippen LogP contribution in [0.3, 0.4) is 0 Å². The molecule has 0 unspecified atom stereocenters. The lowest BCUT2D eigenvalue weighted by Crippen LogP contribution is -2.13. The van der Waals surface area contributed by atoms with Crippen molar-refractivity contribution >= 4 is 16.5 Å². The quantitative estimate of drug-likeness (QED) is 0.440. The minimum Gasteiger partial charge on any atom is -0.372 e. The topological polar surface area (TPSA) is 52.7 Å². The van der Waals surface area contributed by atoms with Crippen molar-refractivity contribution in [3.05, 3.63) is 84.4 Å². The Morgan fingerprint density at radius 1 is 0.793 bits per heavy atom. The summed E-state index contributed by atoms with van der Waals surface area (Å²) in [6.07, 6.45) is 3.95. The molecule has 0 saturated carbocycles. The van der Waals surface area contributed by atoms with Gasteiger partial charge in [0.15, 0.2) is 0 Å². The third-order valence-corrected chi connectivity index (χ3v) is 5.45. The monoisotopic (exact) mass is 380 g/mol. The van der Waals surface area contributed by atoms with Crippen molar-refractivity contribution in [3.63, 3.8) is 0 Å². The van der Waals surface area contributed by atoms with Crippen LogP contribution in [0.15, 0.2) is 73.1 Å². The molecule has 29 heavy (non-hydrogen) atoms. The largest absolute Gasteiger partial charge is 0.372 e. The van der Waals surface area contributed by atoms with E-state index in [0.29, 0.717) is 5.92 Å². The molecule has 0 saturated heterocycles. The van der Waals surface area contributed by atoms with Crippen LogP contribution in [0.4, 0.5) is 0 Å². The zero-order valence-corrected chi connectivity index (χ0v) is 16.7. The summed E-state index contributed by atoms with van der Waals surface area (Å²) in [5, 5.41) is 9.03. The average Bonchev–Trinajstić information content (AvgIpc) is 3.45. The van der Waals surface area contributed by atoms with E-state index in [1.807, 2.05) is 12.4 Å². The van der Waals surface area contributed by atoms with E-state index in [9.17, 15) is 0 Å². The number of aromatic nitrogens is 2. The molecule has 0 radical (unpaired) electrons. The van der Waals surface area contributed by atoms with Crippen LogP contribution in [0.25, 0.3) is 38.9 Å². The summed E-state index contributed by atoms with van der Waals surface area (Å²) in [5.74, 6) is 1.43. The Labute approximate surface area is 170 Å². The highest BCUT2D eigenvalue weighted by Gasteiger charge is 2.09. The molecule has 0 amide bonds. The van der Waals surface area contributed by atoms with E-state index in [1.54, 1.807) is 0 Å². The molecule has 0 aliphatic carbocycles. The number of nitrogens with zero attached hydrogens (tertiary/aromatic N) is 1. The van der Waals surface area contributed by atoms with Crippen LogP contribution in [0.5, 0.6) is 0 Å². The van der Waals surface area contributed by atoms with Crippen molar-refractivity contribution in [3.8, 4) is 22.4 Å². The number of H-pyrrole nitrogens is 1. The molecule has 144 valence electrons. The van der Waals surface area contributed by atoms with Gasteiger partial charge in [-0.15, -0.1) is 0 Å². The fourth-order valence-corrected chi connectivity index (χ4v) is 3.75. The lowest BCUT2D eigenvalue weighted by Gasteiger charge is -2.08. The number of aromatic amines is 1. The minimum atomic E-state index is 0.401. The maximum absolute atomic E-state index is 4.47. The molecule has 1 aliphatic heterocycles. The Bertz CT molecular complexity index is 1200. The predicted octanol–water partition coefficient (Wildman–Crippen LogP) is 5.47. The Kier molecular flexibility index (Phi) is 4.32. The van der Waals surface area contributed by atoms with Gasteiger partial charge >= 0.3 is 0 Å². The highest BCUT2D eigenvalue weighted by Crippen LogP contribution is 2.29. The summed E-state index contributed by atoms with van der Waals surface area (Å²) in [7, 11) is 0. The summed E-state index contributed by atoms with van der Waals surface area (Å²) in [6.45, 7) is 5.08. The van der Waals surface area contributed by atoms with E-state index < -0.39 is 0 Å². The minimum absolute atomic E-state index is 0.401. The molecule has 0 bridgehead atoms. The first-order valence-corrected chi connectivity index (χ1v) is 10.0. The van der Waals surface area contributed by atoms with E-state index >= 15 is 0 Å². The Morgan fingerprint density at radius 3 is 2.10 bits per heavy atom. The van der Waals surface area contributed by atoms with Gasteiger partial charge in [0.1, 0.15) is 5.82 Å². The van der Waals surface area contributed by atoms with Crippen LogP contribution >= 0.6 is 0 Å². The normalized spacial score (nSPS) is 13.4. The van der Waals surface area contributed by atoms with Crippen LogP contribution in [0.1, 0.15) is 31.2 Å². The van der Waals surface area contributed by atoms with Gasteiger partial charge < -0.3 is 15.6 Å². The number of nitrogens with one attached hydrogen (secondary N) is 3. The van der Waals surface area contributed by atoms with Gasteiger partial charge in [0.2, 0.25) is 0 Å². The number of hydrogen-bond donors (Lipinski definition) is 3. The second kappa shape index (κ2) is 7.13. The van der Waals surface area contributed by atoms with Gasteiger partial charge in [-0.1, -0.05) is 62.4 Å². The van der Waals surface area contributed by atoms with E-state index in [-0.39, 0.29) is 0 Å². The van der Waals surface area contributed by atoms with Crippen molar-refractivity contribution in [2.45, 2.75) is 19.8 Å². The van der Waals surface area contributed by atoms with Gasteiger partial charge in [-0.2, -0.15) is 0 Å². The van der Waals surface area contributed by atoms with E-state index in [0.717, 1.165) is 29.4 Å². The molecule has 0 spiro atoms. The summed E-state index contributed by atoms with van der Waals surface area (Å²) in [6, 6.07) is 21.9. The lowest BCUT2D eigenvalue weighted by atomic mass is 9.98. The maximum Gasteiger partial charge on any atom is 0.109 e. The molecule has 2 heterocycles. The summed E-state index contributed by atoms with van der Waals surface area (Å²) >= 11 is 0. The highest BCUT2D eigenvalue weighted by molar-refractivity contribution is 5.90. The number of fused-ring (bicyclic) bond motifs is 1. The van der Waals surface area contributed by atoms with Gasteiger partial charge in [-0.05, 0) is 45.2 Å². The fraction of sp³-hybridized carbons (Fsp3) is 0.160. The first-order valence-electron chi connectivity index (χ1n) is 10.0. The van der Waals surface area contributed by atoms with Gasteiger partial charge in [-0.25, -0.2) is 4.98 Å². The summed E-state index contributed by atoms with van der Waals surface area (Å²) in [5.41, 5.74) is 7.02. The molecule has 0 fully saturated rings. The molecule has 1 aliphatic rings. The van der Waals surface area contributed by atoms with E-state index in [2.05, 4.69) is 95.1 Å². The van der Waals surface area contributed by atoms with Crippen LogP contribution in [-0.2, 0) is 0 Å². The van der Waals surface area contributed by atoms with Crippen LogP contribution in [0, 0.1) is 0 Å². The molecule has 4 heteroatoms. The standard InChI is InChI=1S/C25H24N4/c1-16(2)25-27-14-24(29-25)18-5-3-17(4-6-18)19-7-8-21-12-22(10-9-20(21)11-19)23-13-26-15-28-23/h3-14,16,26,28H,15H2,1-2H3,(H,27,29). The number of benzene rings is 3. The van der Waals surface area contributed by atoms with Gasteiger partial charge in [0, 0.05) is 12.1 Å². The van der Waals surface area contributed by atoms with Crippen molar-refractivity contribution in [2.24, 2.45) is 0 Å². The number of hydrogen-bond acceptors (Lipinski definition) is 3. The maximum atomic E-state index is 4.47. The lowest BCUT2D eigenvalue weighted by molar-refractivity contribution is 0.795. The second-order valence-electron chi connectivity index (χ2n) is 7.81. The van der Waals surface area contributed by atoms with E-state index in [1.165, 1.54) is 27.5 Å². The molecule has 3 aromatic carbocycles. The third kappa shape index (κ3) is 3.38. The molecule has 0 atom stereocenters. The Hall–Kier alpha value is -3.53. The zero-order chi connectivity index (χ0) is 19.8. The first kappa shape index (κ1) is 17.6. The SMILES string of the molecule is CC(C)c1ncc(-c2ccc(-c3ccc4cc(C5=CNCN5)ccc4c3)cc2)[nH]1. The van der Waals surface area contributed by atoms with Crippen molar-refractivity contribution in [2.75, 3.05) is 6.67 Å². The average molecular weight is 380 g/mol. The molecule has 4 nitrogen and oxygen atoms in total. The molecule has 3 N–H and O–H groups in total. The smallest absolute Gasteiger partial charge is 0.109 e. The van der Waals surface area contributed by atoms with Crippen LogP contribution < -0.4 is 10.6 Å².